The molecular formula is C18H26N2OS. The largest absolute Gasteiger partial charge is 0.491 e. The third kappa shape index (κ3) is 4.82. The predicted molar refractivity (Wildman–Crippen MR) is 94.9 cm³/mol. The van der Waals surface area contributed by atoms with Crippen LogP contribution >= 0.6 is 11.3 Å². The first-order chi connectivity index (χ1) is 10.6. The molecule has 22 heavy (non-hydrogen) atoms. The van der Waals surface area contributed by atoms with Crippen LogP contribution < -0.4 is 10.1 Å². The molecule has 1 aromatic carbocycles. The Hall–Kier alpha value is -1.39. The molecule has 0 aliphatic rings. The second kappa shape index (κ2) is 8.30. The van der Waals surface area contributed by atoms with E-state index >= 15 is 0 Å². The molecule has 1 heterocycles. The van der Waals surface area contributed by atoms with Crippen molar-refractivity contribution in [2.75, 3.05) is 13.1 Å². The maximum absolute atomic E-state index is 5.69. The Bertz CT molecular complexity index is 575. The van der Waals surface area contributed by atoms with Gasteiger partial charge in [-0.2, -0.15) is 0 Å². The van der Waals surface area contributed by atoms with Crippen molar-refractivity contribution in [1.82, 2.24) is 10.3 Å². The molecule has 0 radical (unpaired) electrons. The molecule has 0 saturated heterocycles. The van der Waals surface area contributed by atoms with Crippen LogP contribution in [0.3, 0.4) is 0 Å². The number of aryl methyl sites for hydroxylation is 1. The van der Waals surface area contributed by atoms with Gasteiger partial charge in [0.1, 0.15) is 5.75 Å². The van der Waals surface area contributed by atoms with Crippen LogP contribution in [0.1, 0.15) is 37.1 Å². The fourth-order valence-corrected chi connectivity index (χ4v) is 3.24. The van der Waals surface area contributed by atoms with Gasteiger partial charge in [0.15, 0.2) is 0 Å². The number of thiazole rings is 1. The van der Waals surface area contributed by atoms with Gasteiger partial charge in [-0.15, -0.1) is 11.3 Å². The van der Waals surface area contributed by atoms with E-state index in [0.717, 1.165) is 36.5 Å². The second-order valence-electron chi connectivity index (χ2n) is 5.70. The van der Waals surface area contributed by atoms with E-state index in [4.69, 9.17) is 9.72 Å². The van der Waals surface area contributed by atoms with Crippen LogP contribution in [0.15, 0.2) is 24.3 Å². The highest BCUT2D eigenvalue weighted by Gasteiger charge is 2.10. The van der Waals surface area contributed by atoms with E-state index in [9.17, 15) is 0 Å². The van der Waals surface area contributed by atoms with Crippen LogP contribution in [-0.4, -0.2) is 24.2 Å². The SMILES string of the molecule is CCCNCCc1nc(-c2ccc(OC(C)C)cc2)c(C)s1. The van der Waals surface area contributed by atoms with Gasteiger partial charge in [-0.05, 0) is 58.0 Å². The zero-order valence-electron chi connectivity index (χ0n) is 14.0. The van der Waals surface area contributed by atoms with Gasteiger partial charge in [-0.1, -0.05) is 6.92 Å². The van der Waals surface area contributed by atoms with Gasteiger partial charge in [-0.3, -0.25) is 0 Å². The zero-order chi connectivity index (χ0) is 15.9. The van der Waals surface area contributed by atoms with Crippen LogP contribution in [0.4, 0.5) is 0 Å². The Morgan fingerprint density at radius 3 is 2.55 bits per heavy atom. The van der Waals surface area contributed by atoms with Gasteiger partial charge in [-0.25, -0.2) is 4.98 Å². The summed E-state index contributed by atoms with van der Waals surface area (Å²) in [5.74, 6) is 0.913. The molecule has 2 rings (SSSR count). The Labute approximate surface area is 137 Å². The minimum atomic E-state index is 0.203. The molecule has 0 bridgehead atoms. The smallest absolute Gasteiger partial charge is 0.119 e. The summed E-state index contributed by atoms with van der Waals surface area (Å²) in [4.78, 5) is 6.09. The van der Waals surface area contributed by atoms with E-state index in [-0.39, 0.29) is 6.10 Å². The first kappa shape index (κ1) is 17.0. The number of nitrogens with one attached hydrogen (secondary N) is 1. The number of rotatable bonds is 8. The highest BCUT2D eigenvalue weighted by atomic mass is 32.1. The van der Waals surface area contributed by atoms with Crippen LogP contribution in [-0.2, 0) is 6.42 Å². The van der Waals surface area contributed by atoms with Crippen LogP contribution in [0.2, 0.25) is 0 Å². The van der Waals surface area contributed by atoms with Crippen molar-refractivity contribution in [2.24, 2.45) is 0 Å². The van der Waals surface area contributed by atoms with E-state index in [0.29, 0.717) is 0 Å². The Kier molecular flexibility index (Phi) is 6.40. The summed E-state index contributed by atoms with van der Waals surface area (Å²) in [7, 11) is 0. The number of hydrogen-bond donors (Lipinski definition) is 1. The minimum Gasteiger partial charge on any atom is -0.491 e. The summed E-state index contributed by atoms with van der Waals surface area (Å²) >= 11 is 1.80. The molecule has 4 heteroatoms. The van der Waals surface area contributed by atoms with Crippen LogP contribution in [0.25, 0.3) is 11.3 Å². The average Bonchev–Trinajstić information content (AvgIpc) is 2.85. The standard InChI is InChI=1S/C18H26N2OS/c1-5-11-19-12-10-17-20-18(14(4)22-17)15-6-8-16(9-7-15)21-13(2)3/h6-9,13,19H,5,10-12H2,1-4H3. The van der Waals surface area contributed by atoms with Gasteiger partial charge in [0.2, 0.25) is 0 Å². The highest BCUT2D eigenvalue weighted by Crippen LogP contribution is 2.29. The van der Waals surface area contributed by atoms with E-state index in [1.165, 1.54) is 16.3 Å². The third-order valence-corrected chi connectivity index (χ3v) is 4.31. The number of ether oxygens (including phenoxy) is 1. The zero-order valence-corrected chi connectivity index (χ0v) is 14.8. The van der Waals surface area contributed by atoms with Crippen molar-refractivity contribution in [3.05, 3.63) is 34.2 Å². The Morgan fingerprint density at radius 1 is 1.18 bits per heavy atom. The van der Waals surface area contributed by atoms with Crippen molar-refractivity contribution >= 4 is 11.3 Å². The molecule has 0 amide bonds. The van der Waals surface area contributed by atoms with Gasteiger partial charge in [0, 0.05) is 23.4 Å². The normalized spacial score (nSPS) is 11.1. The molecule has 0 aliphatic carbocycles. The van der Waals surface area contributed by atoms with Gasteiger partial charge < -0.3 is 10.1 Å². The van der Waals surface area contributed by atoms with E-state index < -0.39 is 0 Å². The topological polar surface area (TPSA) is 34.2 Å². The van der Waals surface area contributed by atoms with E-state index in [1.807, 2.05) is 26.0 Å². The fourth-order valence-electron chi connectivity index (χ4n) is 2.29. The lowest BCUT2D eigenvalue weighted by Crippen LogP contribution is -2.17. The lowest BCUT2D eigenvalue weighted by atomic mass is 10.1. The maximum Gasteiger partial charge on any atom is 0.119 e. The Morgan fingerprint density at radius 2 is 1.91 bits per heavy atom. The van der Waals surface area contributed by atoms with E-state index in [1.54, 1.807) is 11.3 Å². The lowest BCUT2D eigenvalue weighted by molar-refractivity contribution is 0.242. The number of nitrogens with zero attached hydrogens (tertiary/aromatic N) is 1. The maximum atomic E-state index is 5.69. The summed E-state index contributed by atoms with van der Waals surface area (Å²) in [6, 6.07) is 8.24. The quantitative estimate of drug-likeness (QED) is 0.730. The molecule has 3 nitrogen and oxygen atoms in total. The molecule has 0 fully saturated rings. The van der Waals surface area contributed by atoms with Crippen molar-refractivity contribution in [2.45, 2.75) is 46.6 Å². The molecular weight excluding hydrogens is 292 g/mol. The summed E-state index contributed by atoms with van der Waals surface area (Å²) in [5, 5.41) is 4.63. The molecule has 0 aliphatic heterocycles. The first-order valence-electron chi connectivity index (χ1n) is 8.04. The van der Waals surface area contributed by atoms with Gasteiger partial charge >= 0.3 is 0 Å². The van der Waals surface area contributed by atoms with Crippen molar-refractivity contribution in [3.63, 3.8) is 0 Å². The molecule has 120 valence electrons. The Balaban J connectivity index is 2.03. The predicted octanol–water partition coefficient (Wildman–Crippen LogP) is 4.45. The average molecular weight is 318 g/mol. The molecule has 0 atom stereocenters. The van der Waals surface area contributed by atoms with Crippen LogP contribution in [0, 0.1) is 6.92 Å². The number of benzene rings is 1. The van der Waals surface area contributed by atoms with Crippen LogP contribution in [0.5, 0.6) is 5.75 Å². The summed E-state index contributed by atoms with van der Waals surface area (Å²) in [6.45, 7) is 10.5. The van der Waals surface area contributed by atoms with E-state index in [2.05, 4.69) is 31.3 Å². The number of hydrogen-bond acceptors (Lipinski definition) is 4. The van der Waals surface area contributed by atoms with Crippen molar-refractivity contribution in [3.8, 4) is 17.0 Å². The molecule has 0 unspecified atom stereocenters. The molecule has 0 spiro atoms. The first-order valence-corrected chi connectivity index (χ1v) is 8.86. The third-order valence-electron chi connectivity index (χ3n) is 3.28. The summed E-state index contributed by atoms with van der Waals surface area (Å²) < 4.78 is 5.69. The molecule has 2 aromatic rings. The summed E-state index contributed by atoms with van der Waals surface area (Å²) in [6.07, 6.45) is 2.38. The molecule has 1 N–H and O–H groups in total. The fraction of sp³-hybridized carbons (Fsp3) is 0.500. The number of aromatic nitrogens is 1. The van der Waals surface area contributed by atoms with Gasteiger partial charge in [0.25, 0.3) is 0 Å². The lowest BCUT2D eigenvalue weighted by Gasteiger charge is -2.09. The van der Waals surface area contributed by atoms with Crippen molar-refractivity contribution in [1.29, 1.82) is 0 Å². The molecule has 1 aromatic heterocycles. The second-order valence-corrected chi connectivity index (χ2v) is 6.99. The van der Waals surface area contributed by atoms with Gasteiger partial charge in [0.05, 0.1) is 16.8 Å². The minimum absolute atomic E-state index is 0.203. The highest BCUT2D eigenvalue weighted by molar-refractivity contribution is 7.12. The van der Waals surface area contributed by atoms with Crippen molar-refractivity contribution < 1.29 is 4.74 Å². The monoisotopic (exact) mass is 318 g/mol. The molecule has 0 saturated carbocycles. The summed E-state index contributed by atoms with van der Waals surface area (Å²) in [5.41, 5.74) is 2.27.